The molecule has 1 aromatic heterocycles. The SMILES string of the molecule is C=CCNC(=O)c1ccc(NCc2ccccc2)cn1. The van der Waals surface area contributed by atoms with Crippen molar-refractivity contribution >= 4 is 11.6 Å². The molecular formula is C16H17N3O. The van der Waals surface area contributed by atoms with Gasteiger partial charge in [-0.25, -0.2) is 4.98 Å². The molecule has 0 aliphatic heterocycles. The van der Waals surface area contributed by atoms with Crippen LogP contribution in [0.4, 0.5) is 5.69 Å². The molecule has 0 saturated heterocycles. The van der Waals surface area contributed by atoms with Crippen LogP contribution in [0, 0.1) is 0 Å². The summed E-state index contributed by atoms with van der Waals surface area (Å²) in [5.41, 5.74) is 2.48. The molecule has 0 atom stereocenters. The molecule has 0 aliphatic rings. The Balaban J connectivity index is 1.91. The Labute approximate surface area is 118 Å². The number of hydrogen-bond donors (Lipinski definition) is 2. The highest BCUT2D eigenvalue weighted by molar-refractivity contribution is 5.92. The fraction of sp³-hybridized carbons (Fsp3) is 0.125. The van der Waals surface area contributed by atoms with Crippen LogP contribution in [0.25, 0.3) is 0 Å². The van der Waals surface area contributed by atoms with Crippen LogP contribution >= 0.6 is 0 Å². The number of nitrogens with zero attached hydrogens (tertiary/aromatic N) is 1. The van der Waals surface area contributed by atoms with Gasteiger partial charge < -0.3 is 10.6 Å². The van der Waals surface area contributed by atoms with E-state index in [9.17, 15) is 4.79 Å². The standard InChI is InChI=1S/C16H17N3O/c1-2-10-17-16(20)15-9-8-14(12-19-15)18-11-13-6-4-3-5-7-13/h2-9,12,18H,1,10-11H2,(H,17,20). The second-order valence-electron chi connectivity index (χ2n) is 4.27. The van der Waals surface area contributed by atoms with Gasteiger partial charge in [-0.2, -0.15) is 0 Å². The largest absolute Gasteiger partial charge is 0.380 e. The monoisotopic (exact) mass is 267 g/mol. The lowest BCUT2D eigenvalue weighted by atomic mass is 10.2. The van der Waals surface area contributed by atoms with Crippen LogP contribution < -0.4 is 10.6 Å². The second kappa shape index (κ2) is 7.09. The van der Waals surface area contributed by atoms with Crippen molar-refractivity contribution < 1.29 is 4.79 Å². The van der Waals surface area contributed by atoms with Gasteiger partial charge in [0.2, 0.25) is 0 Å². The van der Waals surface area contributed by atoms with Gasteiger partial charge in [-0.15, -0.1) is 6.58 Å². The Morgan fingerprint density at radius 3 is 2.65 bits per heavy atom. The fourth-order valence-corrected chi connectivity index (χ4v) is 1.69. The molecule has 1 amide bonds. The Bertz CT molecular complexity index is 564. The number of anilines is 1. The summed E-state index contributed by atoms with van der Waals surface area (Å²) in [6.07, 6.45) is 3.29. The minimum atomic E-state index is -0.195. The van der Waals surface area contributed by atoms with Crippen LogP contribution in [0.15, 0.2) is 61.3 Å². The number of nitrogens with one attached hydrogen (secondary N) is 2. The molecule has 0 unspecified atom stereocenters. The number of aromatic nitrogens is 1. The van der Waals surface area contributed by atoms with Gasteiger partial charge in [0.15, 0.2) is 0 Å². The number of pyridine rings is 1. The molecule has 1 aromatic carbocycles. The first-order valence-corrected chi connectivity index (χ1v) is 6.42. The summed E-state index contributed by atoms with van der Waals surface area (Å²) in [5.74, 6) is -0.195. The predicted octanol–water partition coefficient (Wildman–Crippen LogP) is 2.61. The van der Waals surface area contributed by atoms with Gasteiger partial charge in [0.1, 0.15) is 5.69 Å². The summed E-state index contributed by atoms with van der Waals surface area (Å²) in [6, 6.07) is 13.6. The van der Waals surface area contributed by atoms with Gasteiger partial charge >= 0.3 is 0 Å². The average Bonchev–Trinajstić information content (AvgIpc) is 2.52. The van der Waals surface area contributed by atoms with Gasteiger partial charge in [-0.3, -0.25) is 4.79 Å². The summed E-state index contributed by atoms with van der Waals surface area (Å²) < 4.78 is 0. The van der Waals surface area contributed by atoms with Crippen molar-refractivity contribution in [3.63, 3.8) is 0 Å². The first kappa shape index (κ1) is 13.8. The summed E-state index contributed by atoms with van der Waals surface area (Å²) >= 11 is 0. The lowest BCUT2D eigenvalue weighted by molar-refractivity contribution is 0.0953. The van der Waals surface area contributed by atoms with Crippen molar-refractivity contribution in [1.82, 2.24) is 10.3 Å². The van der Waals surface area contributed by atoms with Crippen LogP contribution in [0.1, 0.15) is 16.1 Å². The van der Waals surface area contributed by atoms with Crippen LogP contribution in [0.5, 0.6) is 0 Å². The van der Waals surface area contributed by atoms with Crippen molar-refractivity contribution in [2.24, 2.45) is 0 Å². The predicted molar refractivity (Wildman–Crippen MR) is 80.5 cm³/mol. The van der Waals surface area contributed by atoms with E-state index < -0.39 is 0 Å². The van der Waals surface area contributed by atoms with E-state index in [1.165, 1.54) is 5.56 Å². The van der Waals surface area contributed by atoms with E-state index in [-0.39, 0.29) is 5.91 Å². The van der Waals surface area contributed by atoms with Gasteiger partial charge in [0.05, 0.1) is 11.9 Å². The third-order valence-electron chi connectivity index (χ3n) is 2.74. The van der Waals surface area contributed by atoms with E-state index in [0.29, 0.717) is 12.2 Å². The Hall–Kier alpha value is -2.62. The van der Waals surface area contributed by atoms with Crippen molar-refractivity contribution in [1.29, 1.82) is 0 Å². The Morgan fingerprint density at radius 2 is 2.00 bits per heavy atom. The number of hydrogen-bond acceptors (Lipinski definition) is 3. The molecule has 4 heteroatoms. The van der Waals surface area contributed by atoms with E-state index in [1.54, 1.807) is 18.3 Å². The maximum atomic E-state index is 11.7. The smallest absolute Gasteiger partial charge is 0.270 e. The third-order valence-corrected chi connectivity index (χ3v) is 2.74. The molecule has 0 fully saturated rings. The second-order valence-corrected chi connectivity index (χ2v) is 4.27. The third kappa shape index (κ3) is 3.95. The quantitative estimate of drug-likeness (QED) is 0.791. The van der Waals surface area contributed by atoms with Crippen molar-refractivity contribution in [2.45, 2.75) is 6.54 Å². The maximum absolute atomic E-state index is 11.7. The summed E-state index contributed by atoms with van der Waals surface area (Å²) in [5, 5.41) is 5.95. The fourth-order valence-electron chi connectivity index (χ4n) is 1.69. The van der Waals surface area contributed by atoms with Crippen molar-refractivity contribution in [2.75, 3.05) is 11.9 Å². The first-order valence-electron chi connectivity index (χ1n) is 6.42. The first-order chi connectivity index (χ1) is 9.79. The highest BCUT2D eigenvalue weighted by atomic mass is 16.1. The number of rotatable bonds is 6. The van der Waals surface area contributed by atoms with E-state index in [4.69, 9.17) is 0 Å². The molecule has 102 valence electrons. The molecule has 2 rings (SSSR count). The van der Waals surface area contributed by atoms with Gasteiger partial charge in [-0.1, -0.05) is 36.4 Å². The molecule has 0 spiro atoms. The van der Waals surface area contributed by atoms with Crippen molar-refractivity contribution in [3.8, 4) is 0 Å². The van der Waals surface area contributed by atoms with Crippen LogP contribution in [-0.2, 0) is 6.54 Å². The Kier molecular flexibility index (Phi) is 4.89. The van der Waals surface area contributed by atoms with E-state index in [0.717, 1.165) is 12.2 Å². The minimum absolute atomic E-state index is 0.195. The molecule has 2 N–H and O–H groups in total. The van der Waals surface area contributed by atoms with Crippen LogP contribution in [0.2, 0.25) is 0 Å². The molecule has 1 heterocycles. The normalized spacial score (nSPS) is 9.80. The molecule has 0 bridgehead atoms. The zero-order chi connectivity index (χ0) is 14.2. The number of benzene rings is 1. The molecule has 0 saturated carbocycles. The molecule has 20 heavy (non-hydrogen) atoms. The van der Waals surface area contributed by atoms with Gasteiger partial charge in [0, 0.05) is 13.1 Å². The van der Waals surface area contributed by atoms with E-state index >= 15 is 0 Å². The highest BCUT2D eigenvalue weighted by Gasteiger charge is 2.05. The molecule has 0 radical (unpaired) electrons. The highest BCUT2D eigenvalue weighted by Crippen LogP contribution is 2.08. The summed E-state index contributed by atoms with van der Waals surface area (Å²) in [6.45, 7) is 4.71. The molecule has 4 nitrogen and oxygen atoms in total. The Morgan fingerprint density at radius 1 is 1.20 bits per heavy atom. The molecular weight excluding hydrogens is 250 g/mol. The molecule has 0 aliphatic carbocycles. The zero-order valence-corrected chi connectivity index (χ0v) is 11.2. The number of amides is 1. The van der Waals surface area contributed by atoms with Gasteiger partial charge in [0.25, 0.3) is 5.91 Å². The van der Waals surface area contributed by atoms with Crippen molar-refractivity contribution in [3.05, 3.63) is 72.6 Å². The van der Waals surface area contributed by atoms with E-state index in [1.807, 2.05) is 24.3 Å². The number of carbonyl (C=O) groups excluding carboxylic acids is 1. The average molecular weight is 267 g/mol. The number of carbonyl (C=O) groups is 1. The van der Waals surface area contributed by atoms with Gasteiger partial charge in [-0.05, 0) is 17.7 Å². The zero-order valence-electron chi connectivity index (χ0n) is 11.2. The minimum Gasteiger partial charge on any atom is -0.380 e. The summed E-state index contributed by atoms with van der Waals surface area (Å²) in [4.78, 5) is 15.8. The summed E-state index contributed by atoms with van der Waals surface area (Å²) in [7, 11) is 0. The maximum Gasteiger partial charge on any atom is 0.270 e. The van der Waals surface area contributed by atoms with Crippen LogP contribution in [0.3, 0.4) is 0 Å². The topological polar surface area (TPSA) is 54.0 Å². The lowest BCUT2D eigenvalue weighted by Crippen LogP contribution is -2.24. The van der Waals surface area contributed by atoms with Crippen LogP contribution in [-0.4, -0.2) is 17.4 Å². The molecule has 2 aromatic rings. The van der Waals surface area contributed by atoms with E-state index in [2.05, 4.69) is 34.3 Å². The lowest BCUT2D eigenvalue weighted by Gasteiger charge is -2.07.